The van der Waals surface area contributed by atoms with Crippen molar-refractivity contribution in [2.45, 2.75) is 26.7 Å². The maximum absolute atomic E-state index is 7.47. The van der Waals surface area contributed by atoms with E-state index in [1.165, 1.54) is 11.8 Å². The fourth-order valence-corrected chi connectivity index (χ4v) is 2.31. The summed E-state index contributed by atoms with van der Waals surface area (Å²) in [6, 6.07) is 17.9. The van der Waals surface area contributed by atoms with Crippen LogP contribution in [0.15, 0.2) is 64.0 Å². The number of fused-ring (bicyclic) bond motifs is 1. The van der Waals surface area contributed by atoms with Crippen LogP contribution >= 0.6 is 0 Å². The highest BCUT2D eigenvalue weighted by Gasteiger charge is 2.11. The molecule has 1 unspecified atom stereocenters. The highest BCUT2D eigenvalue weighted by molar-refractivity contribution is 5.99. The summed E-state index contributed by atoms with van der Waals surface area (Å²) >= 11 is 0. The summed E-state index contributed by atoms with van der Waals surface area (Å²) in [5.41, 5.74) is 2.70. The van der Waals surface area contributed by atoms with Crippen molar-refractivity contribution in [1.29, 1.82) is 5.41 Å². The lowest BCUT2D eigenvalue weighted by atomic mass is 10.0. The molecule has 2 aromatic carbocycles. The molecule has 1 aromatic heterocycles. The lowest BCUT2D eigenvalue weighted by Gasteiger charge is -2.04. The number of hydrogen-bond acceptors (Lipinski definition) is 3. The van der Waals surface area contributed by atoms with E-state index in [1.54, 1.807) is 0 Å². The van der Waals surface area contributed by atoms with Gasteiger partial charge in [0, 0.05) is 17.5 Å². The van der Waals surface area contributed by atoms with Crippen LogP contribution in [0.25, 0.3) is 11.0 Å². The van der Waals surface area contributed by atoms with E-state index in [2.05, 4.69) is 24.0 Å². The molecule has 0 aliphatic carbocycles. The molecule has 0 saturated heterocycles. The zero-order valence-electron chi connectivity index (χ0n) is 13.8. The molecule has 1 heterocycles. The molecule has 0 fully saturated rings. The quantitative estimate of drug-likeness (QED) is 0.594. The zero-order chi connectivity index (χ0) is 16.7. The van der Waals surface area contributed by atoms with Crippen molar-refractivity contribution in [1.82, 2.24) is 0 Å². The van der Waals surface area contributed by atoms with Gasteiger partial charge in [0.2, 0.25) is 0 Å². The van der Waals surface area contributed by atoms with Crippen LogP contribution in [0.5, 0.6) is 0 Å². The van der Waals surface area contributed by atoms with Crippen LogP contribution in [0.2, 0.25) is 0 Å². The molecule has 3 aromatic rings. The normalized spacial score (nSPS) is 12.0. The van der Waals surface area contributed by atoms with E-state index in [1.807, 2.05) is 62.5 Å². The Balaban J connectivity index is 0.000000924. The number of nitrogens with one attached hydrogen (secondary N) is 1. The van der Waals surface area contributed by atoms with Gasteiger partial charge in [-0.15, -0.1) is 0 Å². The van der Waals surface area contributed by atoms with E-state index < -0.39 is 0 Å². The minimum Gasteiger partial charge on any atom is -0.453 e. The van der Waals surface area contributed by atoms with Crippen molar-refractivity contribution in [2.24, 2.45) is 4.99 Å². The third-order valence-electron chi connectivity index (χ3n) is 3.48. The van der Waals surface area contributed by atoms with Gasteiger partial charge in [0.15, 0.2) is 5.76 Å². The predicted molar refractivity (Wildman–Crippen MR) is 98.5 cm³/mol. The molecular weight excluding hydrogens is 284 g/mol. The summed E-state index contributed by atoms with van der Waals surface area (Å²) < 4.78 is 5.63. The molecule has 0 spiro atoms. The highest BCUT2D eigenvalue weighted by Crippen LogP contribution is 2.32. The smallest absolute Gasteiger partial charge is 0.171 e. The number of aliphatic imine (C=N–C) groups is 1. The minimum absolute atomic E-state index is 0.207. The largest absolute Gasteiger partial charge is 0.453 e. The number of para-hydroxylation sites is 1. The summed E-state index contributed by atoms with van der Waals surface area (Å²) in [6.45, 7) is 6.10. The van der Waals surface area contributed by atoms with Crippen molar-refractivity contribution in [3.8, 4) is 0 Å². The fourth-order valence-electron chi connectivity index (χ4n) is 2.31. The van der Waals surface area contributed by atoms with E-state index >= 15 is 0 Å². The first kappa shape index (κ1) is 16.7. The Bertz CT molecular complexity index is 788. The van der Waals surface area contributed by atoms with Gasteiger partial charge in [-0.2, -0.15) is 0 Å². The molecular formula is C20H22N2O. The third kappa shape index (κ3) is 3.75. The average Bonchev–Trinajstić information content (AvgIpc) is 3.00. The van der Waals surface area contributed by atoms with Gasteiger partial charge in [-0.05, 0) is 17.7 Å². The van der Waals surface area contributed by atoms with Crippen LogP contribution in [0.3, 0.4) is 0 Å². The highest BCUT2D eigenvalue weighted by atomic mass is 16.3. The first-order valence-corrected chi connectivity index (χ1v) is 7.90. The van der Waals surface area contributed by atoms with Crippen LogP contribution in [0.4, 0.5) is 5.69 Å². The van der Waals surface area contributed by atoms with E-state index in [0.717, 1.165) is 16.7 Å². The molecule has 0 bridgehead atoms. The topological polar surface area (TPSA) is 49.4 Å². The minimum atomic E-state index is 0.207. The molecule has 1 atom stereocenters. The number of hydrogen-bond donors (Lipinski definition) is 1. The second kappa shape index (κ2) is 8.08. The summed E-state index contributed by atoms with van der Waals surface area (Å²) in [5, 5.41) is 8.41. The monoisotopic (exact) mass is 306 g/mol. The maximum atomic E-state index is 7.47. The molecule has 0 radical (unpaired) electrons. The summed E-state index contributed by atoms with van der Waals surface area (Å²) in [5.74, 6) is 0.700. The molecule has 3 heteroatoms. The first-order valence-electron chi connectivity index (χ1n) is 7.90. The molecule has 0 amide bonds. The average molecular weight is 306 g/mol. The Labute approximate surface area is 137 Å². The van der Waals surface area contributed by atoms with Gasteiger partial charge in [-0.1, -0.05) is 63.2 Å². The van der Waals surface area contributed by atoms with Crippen molar-refractivity contribution in [3.05, 3.63) is 65.9 Å². The summed E-state index contributed by atoms with van der Waals surface area (Å²) in [7, 11) is 0. The molecule has 3 nitrogen and oxygen atoms in total. The second-order valence-corrected chi connectivity index (χ2v) is 4.93. The Morgan fingerprint density at radius 1 is 1.00 bits per heavy atom. The first-order chi connectivity index (χ1) is 11.3. The summed E-state index contributed by atoms with van der Waals surface area (Å²) in [6.07, 6.45) is 3.11. The van der Waals surface area contributed by atoms with Crippen LogP contribution in [0.1, 0.15) is 38.0 Å². The van der Waals surface area contributed by atoms with Gasteiger partial charge >= 0.3 is 0 Å². The molecule has 23 heavy (non-hydrogen) atoms. The molecule has 0 saturated carbocycles. The molecule has 0 aliphatic rings. The standard InChI is InChI=1S/C18H16N2O.C2H6/c1-13(14-7-3-2-4-8-14)12-20-18-15-9-5-6-10-16(15)21-17(18)11-19;1-2/h2-13,19H,1H3;1-2H3. The van der Waals surface area contributed by atoms with E-state index in [-0.39, 0.29) is 5.92 Å². The van der Waals surface area contributed by atoms with Crippen molar-refractivity contribution >= 4 is 29.1 Å². The van der Waals surface area contributed by atoms with Gasteiger partial charge in [0.1, 0.15) is 11.3 Å². The van der Waals surface area contributed by atoms with Gasteiger partial charge in [0.05, 0.1) is 6.21 Å². The Morgan fingerprint density at radius 3 is 2.35 bits per heavy atom. The SMILES string of the molecule is CC.CC(C=Nc1c(C=N)oc2ccccc12)c1ccccc1. The van der Waals surface area contributed by atoms with Gasteiger partial charge in [-0.25, -0.2) is 0 Å². The van der Waals surface area contributed by atoms with Gasteiger partial charge < -0.3 is 9.83 Å². The van der Waals surface area contributed by atoms with E-state index in [4.69, 9.17) is 9.83 Å². The van der Waals surface area contributed by atoms with Crippen molar-refractivity contribution in [2.75, 3.05) is 0 Å². The second-order valence-electron chi connectivity index (χ2n) is 4.93. The lowest BCUT2D eigenvalue weighted by molar-refractivity contribution is 0.608. The Hall–Kier alpha value is -2.68. The van der Waals surface area contributed by atoms with Gasteiger partial charge in [0.25, 0.3) is 0 Å². The summed E-state index contributed by atoms with van der Waals surface area (Å²) in [4.78, 5) is 4.57. The number of rotatable bonds is 4. The zero-order valence-corrected chi connectivity index (χ0v) is 13.8. The lowest BCUT2D eigenvalue weighted by Crippen LogP contribution is -1.93. The van der Waals surface area contributed by atoms with Crippen molar-refractivity contribution in [3.63, 3.8) is 0 Å². The molecule has 0 aliphatic heterocycles. The third-order valence-corrected chi connectivity index (χ3v) is 3.48. The maximum Gasteiger partial charge on any atom is 0.171 e. The van der Waals surface area contributed by atoms with Crippen LogP contribution in [0, 0.1) is 5.41 Å². The van der Waals surface area contributed by atoms with Crippen LogP contribution in [-0.2, 0) is 0 Å². The van der Waals surface area contributed by atoms with E-state index in [9.17, 15) is 0 Å². The Kier molecular flexibility index (Phi) is 5.87. The van der Waals surface area contributed by atoms with Gasteiger partial charge in [-0.3, -0.25) is 4.99 Å². The van der Waals surface area contributed by atoms with Crippen LogP contribution < -0.4 is 0 Å². The Morgan fingerprint density at radius 2 is 1.65 bits per heavy atom. The number of benzene rings is 2. The van der Waals surface area contributed by atoms with E-state index in [0.29, 0.717) is 5.76 Å². The number of nitrogens with zero attached hydrogens (tertiary/aromatic N) is 1. The molecule has 118 valence electrons. The number of furan rings is 1. The molecule has 1 N–H and O–H groups in total. The fraction of sp³-hybridized carbons (Fsp3) is 0.200. The predicted octanol–water partition coefficient (Wildman–Crippen LogP) is 5.96. The van der Waals surface area contributed by atoms with Crippen LogP contribution in [-0.4, -0.2) is 12.4 Å². The molecule has 3 rings (SSSR count). The van der Waals surface area contributed by atoms with Crippen molar-refractivity contribution < 1.29 is 4.42 Å².